The largest absolute Gasteiger partial charge is 0.312 e. The third-order valence-electron chi connectivity index (χ3n) is 4.02. The fourth-order valence-corrected chi connectivity index (χ4v) is 3.57. The van der Waals surface area contributed by atoms with Crippen molar-refractivity contribution in [2.24, 2.45) is 5.92 Å². The number of hydrogen-bond donors (Lipinski definition) is 1. The molecule has 0 amide bonds. The van der Waals surface area contributed by atoms with E-state index in [-0.39, 0.29) is 5.54 Å². The predicted octanol–water partition coefficient (Wildman–Crippen LogP) is 3.09. The normalized spacial score (nSPS) is 21.3. The van der Waals surface area contributed by atoms with Gasteiger partial charge in [-0.25, -0.2) is 4.98 Å². The van der Waals surface area contributed by atoms with Crippen LogP contribution in [0.1, 0.15) is 44.2 Å². The molecule has 0 aliphatic carbocycles. The molecule has 1 aliphatic rings. The van der Waals surface area contributed by atoms with E-state index in [0.29, 0.717) is 0 Å². The molecule has 4 heteroatoms. The van der Waals surface area contributed by atoms with Crippen LogP contribution in [0, 0.1) is 12.8 Å². The Morgan fingerprint density at radius 1 is 1.45 bits per heavy atom. The summed E-state index contributed by atoms with van der Waals surface area (Å²) in [6, 6.07) is 0. The highest BCUT2D eigenvalue weighted by Crippen LogP contribution is 2.19. The zero-order valence-electron chi connectivity index (χ0n) is 13.4. The molecule has 1 N–H and O–H groups in total. The summed E-state index contributed by atoms with van der Waals surface area (Å²) < 4.78 is 0. The van der Waals surface area contributed by atoms with Gasteiger partial charge in [-0.2, -0.15) is 0 Å². The number of rotatable bonds is 5. The zero-order valence-corrected chi connectivity index (χ0v) is 14.2. The monoisotopic (exact) mass is 295 g/mol. The van der Waals surface area contributed by atoms with Crippen molar-refractivity contribution in [1.82, 2.24) is 15.2 Å². The van der Waals surface area contributed by atoms with Gasteiger partial charge < -0.3 is 10.2 Å². The SMILES string of the molecule is Cc1ncsc1CCN1CCCC(CNC(C)(C)C)C1. The topological polar surface area (TPSA) is 28.2 Å². The Hall–Kier alpha value is -0.450. The molecule has 1 aliphatic heterocycles. The van der Waals surface area contributed by atoms with Gasteiger partial charge in [-0.15, -0.1) is 11.3 Å². The van der Waals surface area contributed by atoms with Crippen molar-refractivity contribution < 1.29 is 0 Å². The molecule has 0 bridgehead atoms. The van der Waals surface area contributed by atoms with Crippen LogP contribution in [0.4, 0.5) is 0 Å². The van der Waals surface area contributed by atoms with Crippen LogP contribution < -0.4 is 5.32 Å². The smallest absolute Gasteiger partial charge is 0.0797 e. The highest BCUT2D eigenvalue weighted by Gasteiger charge is 2.21. The van der Waals surface area contributed by atoms with Gasteiger partial charge in [-0.3, -0.25) is 0 Å². The molecule has 3 nitrogen and oxygen atoms in total. The van der Waals surface area contributed by atoms with Gasteiger partial charge >= 0.3 is 0 Å². The number of thiazole rings is 1. The Morgan fingerprint density at radius 3 is 2.90 bits per heavy atom. The standard InChI is InChI=1S/C16H29N3S/c1-13-15(20-12-17-13)7-9-19-8-5-6-14(11-19)10-18-16(2,3)4/h12,14,18H,5-11H2,1-4H3. The zero-order chi connectivity index (χ0) is 14.6. The summed E-state index contributed by atoms with van der Waals surface area (Å²) in [6.45, 7) is 13.7. The van der Waals surface area contributed by atoms with Crippen molar-refractivity contribution in [3.05, 3.63) is 16.1 Å². The number of aryl methyl sites for hydroxylation is 1. The molecule has 1 fully saturated rings. The fraction of sp³-hybridized carbons (Fsp3) is 0.812. The van der Waals surface area contributed by atoms with E-state index >= 15 is 0 Å². The summed E-state index contributed by atoms with van der Waals surface area (Å²) in [5.41, 5.74) is 3.43. The summed E-state index contributed by atoms with van der Waals surface area (Å²) in [6.07, 6.45) is 3.88. The minimum atomic E-state index is 0.238. The number of hydrogen-bond acceptors (Lipinski definition) is 4. The molecule has 1 aromatic heterocycles. The van der Waals surface area contributed by atoms with Crippen LogP contribution in [0.2, 0.25) is 0 Å². The maximum atomic E-state index is 4.34. The van der Waals surface area contributed by atoms with Crippen LogP contribution in [0.15, 0.2) is 5.51 Å². The quantitative estimate of drug-likeness (QED) is 0.905. The maximum absolute atomic E-state index is 4.34. The first-order chi connectivity index (χ1) is 9.44. The Morgan fingerprint density at radius 2 is 2.25 bits per heavy atom. The number of nitrogens with zero attached hydrogens (tertiary/aromatic N) is 2. The average molecular weight is 295 g/mol. The molecule has 20 heavy (non-hydrogen) atoms. The first-order valence-electron chi connectivity index (χ1n) is 7.80. The summed E-state index contributed by atoms with van der Waals surface area (Å²) in [5.74, 6) is 0.811. The Labute approximate surface area is 127 Å². The van der Waals surface area contributed by atoms with E-state index in [0.717, 1.165) is 18.9 Å². The minimum Gasteiger partial charge on any atom is -0.312 e. The van der Waals surface area contributed by atoms with Crippen LogP contribution in [0.25, 0.3) is 0 Å². The lowest BCUT2D eigenvalue weighted by Crippen LogP contribution is -2.45. The van der Waals surface area contributed by atoms with E-state index < -0.39 is 0 Å². The molecule has 1 saturated heterocycles. The molecule has 1 atom stereocenters. The Kier molecular flexibility index (Phi) is 5.58. The van der Waals surface area contributed by atoms with Crippen LogP contribution in [0.3, 0.4) is 0 Å². The molecule has 0 radical (unpaired) electrons. The third kappa shape index (κ3) is 5.15. The highest BCUT2D eigenvalue weighted by atomic mass is 32.1. The minimum absolute atomic E-state index is 0.238. The molecular weight excluding hydrogens is 266 g/mol. The lowest BCUT2D eigenvalue weighted by atomic mass is 9.96. The summed E-state index contributed by atoms with van der Waals surface area (Å²) in [7, 11) is 0. The van der Waals surface area contributed by atoms with Crippen molar-refractivity contribution in [3.63, 3.8) is 0 Å². The van der Waals surface area contributed by atoms with Crippen molar-refractivity contribution >= 4 is 11.3 Å². The number of piperidine rings is 1. The molecule has 1 unspecified atom stereocenters. The first kappa shape index (κ1) is 15.9. The van der Waals surface area contributed by atoms with Crippen molar-refractivity contribution in [2.45, 2.75) is 52.5 Å². The van der Waals surface area contributed by atoms with Gasteiger partial charge in [-0.05, 0) is 66.0 Å². The first-order valence-corrected chi connectivity index (χ1v) is 8.68. The highest BCUT2D eigenvalue weighted by molar-refractivity contribution is 7.09. The van der Waals surface area contributed by atoms with E-state index in [4.69, 9.17) is 0 Å². The van der Waals surface area contributed by atoms with Gasteiger partial charge in [0, 0.05) is 23.5 Å². The Balaban J connectivity index is 1.74. The average Bonchev–Trinajstić information content (AvgIpc) is 2.79. The fourth-order valence-electron chi connectivity index (χ4n) is 2.80. The summed E-state index contributed by atoms with van der Waals surface area (Å²) in [5, 5.41) is 3.66. The molecule has 1 aromatic rings. The van der Waals surface area contributed by atoms with Gasteiger partial charge in [0.15, 0.2) is 0 Å². The van der Waals surface area contributed by atoms with Gasteiger partial charge in [-0.1, -0.05) is 0 Å². The van der Waals surface area contributed by atoms with Gasteiger partial charge in [0.25, 0.3) is 0 Å². The lowest BCUT2D eigenvalue weighted by Gasteiger charge is -2.34. The van der Waals surface area contributed by atoms with E-state index in [1.807, 2.05) is 5.51 Å². The van der Waals surface area contributed by atoms with Crippen LogP contribution >= 0.6 is 11.3 Å². The second kappa shape index (κ2) is 7.01. The van der Waals surface area contributed by atoms with Crippen molar-refractivity contribution in [2.75, 3.05) is 26.2 Å². The third-order valence-corrected chi connectivity index (χ3v) is 5.02. The molecule has 0 spiro atoms. The summed E-state index contributed by atoms with van der Waals surface area (Å²) >= 11 is 1.80. The van der Waals surface area contributed by atoms with Crippen molar-refractivity contribution in [3.8, 4) is 0 Å². The molecule has 114 valence electrons. The summed E-state index contributed by atoms with van der Waals surface area (Å²) in [4.78, 5) is 8.44. The van der Waals surface area contributed by atoms with E-state index in [2.05, 4.69) is 42.9 Å². The molecule has 0 saturated carbocycles. The molecular formula is C16H29N3S. The van der Waals surface area contributed by atoms with Crippen LogP contribution in [-0.4, -0.2) is 41.6 Å². The van der Waals surface area contributed by atoms with Crippen LogP contribution in [-0.2, 0) is 6.42 Å². The van der Waals surface area contributed by atoms with Gasteiger partial charge in [0.05, 0.1) is 11.2 Å². The van der Waals surface area contributed by atoms with Crippen molar-refractivity contribution in [1.29, 1.82) is 0 Å². The maximum Gasteiger partial charge on any atom is 0.0797 e. The predicted molar refractivity (Wildman–Crippen MR) is 87.5 cm³/mol. The van der Waals surface area contributed by atoms with E-state index in [9.17, 15) is 0 Å². The Bertz CT molecular complexity index is 408. The second-order valence-electron chi connectivity index (χ2n) is 7.05. The number of likely N-dealkylation sites (tertiary alicyclic amines) is 1. The van der Waals surface area contributed by atoms with Gasteiger partial charge in [0.2, 0.25) is 0 Å². The van der Waals surface area contributed by atoms with Gasteiger partial charge in [0.1, 0.15) is 0 Å². The lowest BCUT2D eigenvalue weighted by molar-refractivity contribution is 0.168. The number of aromatic nitrogens is 1. The van der Waals surface area contributed by atoms with E-state index in [1.165, 1.54) is 43.0 Å². The molecule has 2 rings (SSSR count). The molecule has 2 heterocycles. The number of nitrogens with one attached hydrogen (secondary N) is 1. The second-order valence-corrected chi connectivity index (χ2v) is 7.99. The van der Waals surface area contributed by atoms with E-state index in [1.54, 1.807) is 11.3 Å². The molecule has 0 aromatic carbocycles. The van der Waals surface area contributed by atoms with Crippen LogP contribution in [0.5, 0.6) is 0 Å².